The molecule has 0 unspecified atom stereocenters. The smallest absolute Gasteiger partial charge is 0.207 e. The van der Waals surface area contributed by atoms with Crippen molar-refractivity contribution in [2.24, 2.45) is 5.92 Å². The van der Waals surface area contributed by atoms with Crippen LogP contribution >= 0.6 is 34.8 Å². The van der Waals surface area contributed by atoms with Gasteiger partial charge in [-0.25, -0.2) is 8.42 Å². The fourth-order valence-electron chi connectivity index (χ4n) is 2.18. The third kappa shape index (κ3) is 3.85. The van der Waals surface area contributed by atoms with Gasteiger partial charge in [0.2, 0.25) is 10.0 Å². The molecule has 0 amide bonds. The number of hydrogen-bond acceptors (Lipinski definition) is 2. The van der Waals surface area contributed by atoms with E-state index in [4.69, 9.17) is 34.8 Å². The first-order valence-electron chi connectivity index (χ1n) is 6.94. The van der Waals surface area contributed by atoms with Crippen LogP contribution in [0.25, 0.3) is 0 Å². The lowest BCUT2D eigenvalue weighted by molar-refractivity contribution is 0.395. The minimum absolute atomic E-state index is 0.0808. The summed E-state index contributed by atoms with van der Waals surface area (Å²) >= 11 is 18.0. The van der Waals surface area contributed by atoms with Crippen LogP contribution in [0.2, 0.25) is 10.0 Å². The summed E-state index contributed by atoms with van der Waals surface area (Å²) in [6.45, 7) is 3.02. The van der Waals surface area contributed by atoms with Crippen molar-refractivity contribution in [1.82, 2.24) is 4.31 Å². The third-order valence-electron chi connectivity index (χ3n) is 3.53. The van der Waals surface area contributed by atoms with Crippen molar-refractivity contribution in [1.29, 1.82) is 0 Å². The largest absolute Gasteiger partial charge is 0.244 e. The maximum atomic E-state index is 12.8. The first kappa shape index (κ1) is 17.4. The maximum Gasteiger partial charge on any atom is 0.244 e. The molecule has 0 saturated heterocycles. The lowest BCUT2D eigenvalue weighted by Crippen LogP contribution is -2.34. The third-order valence-corrected chi connectivity index (χ3v) is 6.61. The van der Waals surface area contributed by atoms with Crippen LogP contribution in [0.3, 0.4) is 0 Å². The van der Waals surface area contributed by atoms with Gasteiger partial charge in [0.15, 0.2) is 0 Å². The summed E-state index contributed by atoms with van der Waals surface area (Å²) < 4.78 is 27.2. The average Bonchev–Trinajstić information content (AvgIpc) is 3.22. The molecule has 0 aliphatic heterocycles. The van der Waals surface area contributed by atoms with Gasteiger partial charge >= 0.3 is 0 Å². The molecule has 0 bridgehead atoms. The molecule has 1 aromatic carbocycles. The lowest BCUT2D eigenvalue weighted by atomic mass is 10.2. The molecule has 0 radical (unpaired) electrons. The van der Waals surface area contributed by atoms with Crippen LogP contribution in [0, 0.1) is 5.92 Å². The maximum absolute atomic E-state index is 12.8. The summed E-state index contributed by atoms with van der Waals surface area (Å²) in [6.07, 6.45) is 2.95. The molecule has 0 N–H and O–H groups in total. The van der Waals surface area contributed by atoms with E-state index in [1.807, 2.05) is 6.92 Å². The Labute approximate surface area is 141 Å². The second-order valence-corrected chi connectivity index (χ2v) is 8.24. The first-order chi connectivity index (χ1) is 9.91. The summed E-state index contributed by atoms with van der Waals surface area (Å²) in [6, 6.07) is 3.00. The van der Waals surface area contributed by atoms with Crippen molar-refractivity contribution in [3.63, 3.8) is 0 Å². The van der Waals surface area contributed by atoms with E-state index in [1.165, 1.54) is 10.4 Å². The summed E-state index contributed by atoms with van der Waals surface area (Å²) in [5.41, 5.74) is 0.462. The fraction of sp³-hybridized carbons (Fsp3) is 0.571. The second-order valence-electron chi connectivity index (χ2n) is 5.28. The zero-order valence-electron chi connectivity index (χ0n) is 11.8. The van der Waals surface area contributed by atoms with E-state index < -0.39 is 10.0 Å². The summed E-state index contributed by atoms with van der Waals surface area (Å²) in [5.74, 6) is 0.558. The van der Waals surface area contributed by atoms with Gasteiger partial charge in [0.1, 0.15) is 4.90 Å². The Hall–Kier alpha value is -0.000000000000000167. The number of alkyl halides is 1. The highest BCUT2D eigenvalue weighted by Crippen LogP contribution is 2.36. The standard InChI is InChI=1S/C14H18Cl3NO2S/c1-2-7-18(9-10-3-4-10)21(19,20)13-6-5-12(16)11(8-15)14(13)17/h5-6,10H,2-4,7-9H2,1H3. The zero-order chi connectivity index (χ0) is 15.6. The summed E-state index contributed by atoms with van der Waals surface area (Å²) in [7, 11) is -3.61. The molecule has 118 valence electrons. The molecule has 2 rings (SSSR count). The van der Waals surface area contributed by atoms with Crippen LogP contribution in [-0.2, 0) is 15.9 Å². The quantitative estimate of drug-likeness (QED) is 0.661. The number of rotatable bonds is 7. The molecule has 3 nitrogen and oxygen atoms in total. The molecular formula is C14H18Cl3NO2S. The second kappa shape index (κ2) is 7.05. The van der Waals surface area contributed by atoms with Gasteiger partial charge in [0.25, 0.3) is 0 Å². The van der Waals surface area contributed by atoms with Gasteiger partial charge in [-0.05, 0) is 37.3 Å². The molecule has 7 heteroatoms. The van der Waals surface area contributed by atoms with Crippen molar-refractivity contribution in [3.05, 3.63) is 27.7 Å². The number of hydrogen-bond donors (Lipinski definition) is 0. The van der Waals surface area contributed by atoms with Crippen molar-refractivity contribution >= 4 is 44.8 Å². The van der Waals surface area contributed by atoms with Gasteiger partial charge in [-0.2, -0.15) is 4.31 Å². The molecule has 21 heavy (non-hydrogen) atoms. The Balaban J connectivity index is 2.41. The molecular weight excluding hydrogens is 353 g/mol. The van der Waals surface area contributed by atoms with Crippen LogP contribution in [0.15, 0.2) is 17.0 Å². The molecule has 1 aliphatic carbocycles. The summed E-state index contributed by atoms with van der Waals surface area (Å²) in [5, 5.41) is 0.521. The number of sulfonamides is 1. The Morgan fingerprint density at radius 1 is 1.29 bits per heavy atom. The van der Waals surface area contributed by atoms with Gasteiger partial charge in [0, 0.05) is 23.7 Å². The van der Waals surface area contributed by atoms with Crippen molar-refractivity contribution < 1.29 is 8.42 Å². The highest BCUT2D eigenvalue weighted by molar-refractivity contribution is 7.89. The van der Waals surface area contributed by atoms with Crippen LogP contribution in [0.4, 0.5) is 0 Å². The van der Waals surface area contributed by atoms with Crippen molar-refractivity contribution in [2.75, 3.05) is 13.1 Å². The van der Waals surface area contributed by atoms with Crippen LogP contribution in [-0.4, -0.2) is 25.8 Å². The molecule has 1 aromatic rings. The highest BCUT2D eigenvalue weighted by Gasteiger charge is 2.33. The molecule has 1 aliphatic rings. The topological polar surface area (TPSA) is 37.4 Å². The Morgan fingerprint density at radius 2 is 1.95 bits per heavy atom. The van der Waals surface area contributed by atoms with E-state index in [0.717, 1.165) is 19.3 Å². The molecule has 1 fully saturated rings. The number of nitrogens with zero attached hydrogens (tertiary/aromatic N) is 1. The van der Waals surface area contributed by atoms with E-state index in [0.29, 0.717) is 29.6 Å². The van der Waals surface area contributed by atoms with Crippen molar-refractivity contribution in [3.8, 4) is 0 Å². The van der Waals surface area contributed by atoms with E-state index in [9.17, 15) is 8.42 Å². The Kier molecular flexibility index (Phi) is 5.83. The van der Waals surface area contributed by atoms with Crippen molar-refractivity contribution in [2.45, 2.75) is 37.0 Å². The molecule has 0 spiro atoms. The number of halogens is 3. The predicted molar refractivity (Wildman–Crippen MR) is 87.8 cm³/mol. The fourth-order valence-corrected chi connectivity index (χ4v) is 5.09. The number of benzene rings is 1. The SMILES string of the molecule is CCCN(CC1CC1)S(=O)(=O)c1ccc(Cl)c(CCl)c1Cl. The lowest BCUT2D eigenvalue weighted by Gasteiger charge is -2.22. The van der Waals surface area contributed by atoms with E-state index in [-0.39, 0.29) is 15.8 Å². The molecule has 1 saturated carbocycles. The van der Waals surface area contributed by atoms with Crippen LogP contribution in [0.5, 0.6) is 0 Å². The van der Waals surface area contributed by atoms with Crippen LogP contribution in [0.1, 0.15) is 31.7 Å². The van der Waals surface area contributed by atoms with Gasteiger partial charge < -0.3 is 0 Å². The predicted octanol–water partition coefficient (Wildman–Crippen LogP) is 4.54. The van der Waals surface area contributed by atoms with Gasteiger partial charge in [-0.3, -0.25) is 0 Å². The highest BCUT2D eigenvalue weighted by atomic mass is 35.5. The van der Waals surface area contributed by atoms with Crippen LogP contribution < -0.4 is 0 Å². The summed E-state index contributed by atoms with van der Waals surface area (Å²) in [4.78, 5) is 0.0957. The Bertz CT molecular complexity index is 615. The minimum Gasteiger partial charge on any atom is -0.207 e. The minimum atomic E-state index is -3.61. The Morgan fingerprint density at radius 3 is 2.48 bits per heavy atom. The normalized spacial score (nSPS) is 15.7. The van der Waals surface area contributed by atoms with Gasteiger partial charge in [0.05, 0.1) is 10.9 Å². The average molecular weight is 371 g/mol. The van der Waals surface area contributed by atoms with Gasteiger partial charge in [-0.1, -0.05) is 30.1 Å². The van der Waals surface area contributed by atoms with E-state index in [1.54, 1.807) is 6.07 Å². The van der Waals surface area contributed by atoms with Gasteiger partial charge in [-0.15, -0.1) is 11.6 Å². The molecule has 0 atom stereocenters. The monoisotopic (exact) mass is 369 g/mol. The molecule has 0 aromatic heterocycles. The van der Waals surface area contributed by atoms with E-state index in [2.05, 4.69) is 0 Å². The van der Waals surface area contributed by atoms with E-state index >= 15 is 0 Å². The molecule has 0 heterocycles. The zero-order valence-corrected chi connectivity index (χ0v) is 14.9. The first-order valence-corrected chi connectivity index (χ1v) is 9.67.